The number of hydrogen-bond acceptors (Lipinski definition) is 4. The predicted octanol–water partition coefficient (Wildman–Crippen LogP) is 1.24. The van der Waals surface area contributed by atoms with Crippen LogP contribution >= 0.6 is 0 Å². The Bertz CT molecular complexity index is 192. The first-order chi connectivity index (χ1) is 6.17. The Labute approximate surface area is 77.2 Å². The van der Waals surface area contributed by atoms with Crippen LogP contribution in [0.15, 0.2) is 0 Å². The van der Waals surface area contributed by atoms with Crippen LogP contribution in [0.4, 0.5) is 0 Å². The van der Waals surface area contributed by atoms with E-state index in [-0.39, 0.29) is 12.3 Å². The number of carbonyl (C=O) groups excluding carboxylic acids is 2. The second-order valence-corrected chi connectivity index (χ2v) is 3.10. The quantitative estimate of drug-likeness (QED) is 0.491. The van der Waals surface area contributed by atoms with Crippen molar-refractivity contribution in [2.75, 3.05) is 0 Å². The Morgan fingerprint density at radius 3 is 2.08 bits per heavy atom. The summed E-state index contributed by atoms with van der Waals surface area (Å²) < 4.78 is 9.84. The van der Waals surface area contributed by atoms with Gasteiger partial charge >= 0.3 is 11.9 Å². The monoisotopic (exact) mass is 186 g/mol. The highest BCUT2D eigenvalue weighted by atomic mass is 16.7. The van der Waals surface area contributed by atoms with E-state index in [1.54, 1.807) is 0 Å². The van der Waals surface area contributed by atoms with Gasteiger partial charge in [-0.15, -0.1) is 0 Å². The van der Waals surface area contributed by atoms with Crippen LogP contribution < -0.4 is 0 Å². The maximum absolute atomic E-state index is 10.9. The van der Waals surface area contributed by atoms with Gasteiger partial charge in [0.15, 0.2) is 0 Å². The molecule has 13 heavy (non-hydrogen) atoms. The van der Waals surface area contributed by atoms with E-state index in [0.29, 0.717) is 0 Å². The van der Waals surface area contributed by atoms with Crippen LogP contribution in [0.25, 0.3) is 0 Å². The highest BCUT2D eigenvalue weighted by Crippen LogP contribution is 2.21. The highest BCUT2D eigenvalue weighted by molar-refractivity contribution is 5.92. The second kappa shape index (κ2) is 4.25. The highest BCUT2D eigenvalue weighted by Gasteiger charge is 2.32. The molecule has 0 N–H and O–H groups in total. The van der Waals surface area contributed by atoms with Gasteiger partial charge in [-0.3, -0.25) is 9.59 Å². The molecule has 0 amide bonds. The predicted molar refractivity (Wildman–Crippen MR) is 44.7 cm³/mol. The first-order valence-corrected chi connectivity index (χ1v) is 4.56. The molecule has 1 heterocycles. The van der Waals surface area contributed by atoms with Crippen LogP contribution in [0.5, 0.6) is 0 Å². The van der Waals surface area contributed by atoms with Gasteiger partial charge in [0.1, 0.15) is 6.42 Å². The lowest BCUT2D eigenvalue weighted by molar-refractivity contribution is -0.213. The third-order valence-corrected chi connectivity index (χ3v) is 2.22. The number of esters is 2. The summed E-state index contributed by atoms with van der Waals surface area (Å²) in [6.45, 7) is 3.95. The molecule has 0 aromatic rings. The van der Waals surface area contributed by atoms with Gasteiger partial charge in [-0.2, -0.15) is 0 Å². The molecule has 74 valence electrons. The number of ether oxygens (including phenoxy) is 2. The maximum Gasteiger partial charge on any atom is 0.320 e. The Balaban J connectivity index is 2.58. The summed E-state index contributed by atoms with van der Waals surface area (Å²) >= 11 is 0. The zero-order valence-electron chi connectivity index (χ0n) is 7.91. The smallest absolute Gasteiger partial charge is 0.320 e. The molecule has 1 aliphatic rings. The van der Waals surface area contributed by atoms with Crippen LogP contribution in [0.1, 0.15) is 33.1 Å². The van der Waals surface area contributed by atoms with E-state index in [9.17, 15) is 9.59 Å². The van der Waals surface area contributed by atoms with Crippen molar-refractivity contribution in [1.82, 2.24) is 0 Å². The zero-order chi connectivity index (χ0) is 9.84. The molecular formula is C9H14O4. The third-order valence-electron chi connectivity index (χ3n) is 2.22. The first-order valence-electron chi connectivity index (χ1n) is 4.56. The van der Waals surface area contributed by atoms with E-state index >= 15 is 0 Å². The van der Waals surface area contributed by atoms with Crippen molar-refractivity contribution in [3.63, 3.8) is 0 Å². The van der Waals surface area contributed by atoms with Gasteiger partial charge in [0.05, 0.1) is 0 Å². The normalized spacial score (nSPS) is 18.7. The molecule has 1 fully saturated rings. The Morgan fingerprint density at radius 2 is 1.69 bits per heavy atom. The van der Waals surface area contributed by atoms with Crippen molar-refractivity contribution in [2.24, 2.45) is 5.92 Å². The summed E-state index contributed by atoms with van der Waals surface area (Å²) in [6.07, 6.45) is 0.754. The molecule has 4 heteroatoms. The lowest BCUT2D eigenvalue weighted by Crippen LogP contribution is -2.37. The van der Waals surface area contributed by atoms with Gasteiger partial charge in [-0.25, -0.2) is 0 Å². The standard InChI is InChI=1S/C9H14O4/c1-3-6(4-2)9-12-7(10)5-8(11)13-9/h6,9H,3-5H2,1-2H3. The van der Waals surface area contributed by atoms with Crippen LogP contribution in [0.3, 0.4) is 0 Å². The van der Waals surface area contributed by atoms with E-state index in [4.69, 9.17) is 9.47 Å². The maximum atomic E-state index is 10.9. The molecule has 0 saturated carbocycles. The van der Waals surface area contributed by atoms with Gasteiger partial charge in [0.2, 0.25) is 6.29 Å². The van der Waals surface area contributed by atoms with Gasteiger partial charge in [-0.05, 0) is 12.8 Å². The van der Waals surface area contributed by atoms with E-state index < -0.39 is 18.2 Å². The molecule has 1 aliphatic heterocycles. The minimum absolute atomic E-state index is 0.119. The van der Waals surface area contributed by atoms with Crippen molar-refractivity contribution >= 4 is 11.9 Å². The van der Waals surface area contributed by atoms with Crippen molar-refractivity contribution in [3.8, 4) is 0 Å². The van der Waals surface area contributed by atoms with E-state index in [2.05, 4.69) is 0 Å². The summed E-state index contributed by atoms with van der Waals surface area (Å²) in [4.78, 5) is 21.8. The Kier molecular flexibility index (Phi) is 3.28. The molecule has 1 rings (SSSR count). The average Bonchev–Trinajstić information content (AvgIpc) is 2.04. The van der Waals surface area contributed by atoms with Gasteiger partial charge < -0.3 is 9.47 Å². The number of rotatable bonds is 3. The molecule has 0 radical (unpaired) electrons. The van der Waals surface area contributed by atoms with E-state index in [1.807, 2.05) is 13.8 Å². The van der Waals surface area contributed by atoms with Crippen LogP contribution in [0.2, 0.25) is 0 Å². The lowest BCUT2D eigenvalue weighted by atomic mass is 10.0. The molecule has 0 aliphatic carbocycles. The van der Waals surface area contributed by atoms with Crippen molar-refractivity contribution in [3.05, 3.63) is 0 Å². The summed E-state index contributed by atoms with van der Waals surface area (Å²) in [5.41, 5.74) is 0. The summed E-state index contributed by atoms with van der Waals surface area (Å²) in [5, 5.41) is 0. The second-order valence-electron chi connectivity index (χ2n) is 3.10. The molecule has 0 atom stereocenters. The fraction of sp³-hybridized carbons (Fsp3) is 0.778. The van der Waals surface area contributed by atoms with E-state index in [0.717, 1.165) is 12.8 Å². The molecule has 1 saturated heterocycles. The SMILES string of the molecule is CCC(CC)C1OC(=O)CC(=O)O1. The molecule has 0 aromatic heterocycles. The summed E-state index contributed by atoms with van der Waals surface area (Å²) in [5.74, 6) is -0.838. The lowest BCUT2D eigenvalue weighted by Gasteiger charge is -2.27. The largest absolute Gasteiger partial charge is 0.424 e. The van der Waals surface area contributed by atoms with Gasteiger partial charge in [-0.1, -0.05) is 13.8 Å². The summed E-state index contributed by atoms with van der Waals surface area (Å²) in [6, 6.07) is 0. The molecular weight excluding hydrogens is 172 g/mol. The molecule has 0 unspecified atom stereocenters. The minimum Gasteiger partial charge on any atom is -0.424 e. The number of hydrogen-bond donors (Lipinski definition) is 0. The minimum atomic E-state index is -0.663. The Morgan fingerprint density at radius 1 is 1.23 bits per heavy atom. The fourth-order valence-corrected chi connectivity index (χ4v) is 1.35. The Hall–Kier alpha value is -1.06. The topological polar surface area (TPSA) is 52.6 Å². The molecule has 0 aromatic carbocycles. The van der Waals surface area contributed by atoms with Crippen molar-refractivity contribution in [1.29, 1.82) is 0 Å². The van der Waals surface area contributed by atoms with Crippen molar-refractivity contribution in [2.45, 2.75) is 39.4 Å². The fourth-order valence-electron chi connectivity index (χ4n) is 1.35. The average molecular weight is 186 g/mol. The van der Waals surface area contributed by atoms with Crippen LogP contribution in [-0.2, 0) is 19.1 Å². The summed E-state index contributed by atoms with van der Waals surface area (Å²) in [7, 11) is 0. The van der Waals surface area contributed by atoms with Gasteiger partial charge in [0.25, 0.3) is 0 Å². The van der Waals surface area contributed by atoms with E-state index in [1.165, 1.54) is 0 Å². The molecule has 0 bridgehead atoms. The number of cyclic esters (lactones) is 2. The van der Waals surface area contributed by atoms with Crippen molar-refractivity contribution < 1.29 is 19.1 Å². The zero-order valence-corrected chi connectivity index (χ0v) is 7.91. The van der Waals surface area contributed by atoms with Gasteiger partial charge in [0, 0.05) is 5.92 Å². The molecule has 0 spiro atoms. The van der Waals surface area contributed by atoms with Crippen LogP contribution in [-0.4, -0.2) is 18.2 Å². The number of carbonyl (C=O) groups is 2. The molecule has 4 nitrogen and oxygen atoms in total. The third kappa shape index (κ3) is 2.44. The van der Waals surface area contributed by atoms with Crippen LogP contribution in [0, 0.1) is 5.92 Å². The first kappa shape index (κ1) is 10.0.